The molecule has 8 heteroatoms. The molecule has 1 N–H and O–H groups in total. The lowest BCUT2D eigenvalue weighted by Crippen LogP contribution is -2.52. The van der Waals surface area contributed by atoms with E-state index in [0.29, 0.717) is 0 Å². The van der Waals surface area contributed by atoms with E-state index in [9.17, 15) is 14.9 Å². The van der Waals surface area contributed by atoms with Crippen molar-refractivity contribution >= 4 is 23.0 Å². The number of ether oxygens (including phenoxy) is 1. The average molecular weight is 384 g/mol. The second-order valence-electron chi connectivity index (χ2n) is 6.66. The Morgan fingerprint density at radius 3 is 2.54 bits per heavy atom. The first-order chi connectivity index (χ1) is 13.5. The molecule has 0 bridgehead atoms. The maximum absolute atomic E-state index is 12.6. The van der Waals surface area contributed by atoms with Gasteiger partial charge in [0.15, 0.2) is 0 Å². The standard InChI is InChI=1S/C20H24N4O4/c1-15(20(25)21-18-8-3-4-9-19(18)24(26)27)22-10-12-23(13-11-22)16-6-5-7-17(14-16)28-2/h3-9,14-15H,10-13H2,1-2H3,(H,21,25)/t15-/m0/s1. The molecule has 1 heterocycles. The highest BCUT2D eigenvalue weighted by Gasteiger charge is 2.27. The lowest BCUT2D eigenvalue weighted by atomic mass is 10.2. The Hall–Kier alpha value is -3.13. The maximum Gasteiger partial charge on any atom is 0.292 e. The molecule has 1 aliphatic rings. The molecule has 1 saturated heterocycles. The number of para-hydroxylation sites is 2. The van der Waals surface area contributed by atoms with Gasteiger partial charge in [0, 0.05) is 44.0 Å². The number of rotatable bonds is 6. The smallest absolute Gasteiger partial charge is 0.292 e. The fourth-order valence-corrected chi connectivity index (χ4v) is 3.32. The van der Waals surface area contributed by atoms with Crippen LogP contribution in [-0.4, -0.2) is 55.1 Å². The van der Waals surface area contributed by atoms with Crippen molar-refractivity contribution in [1.29, 1.82) is 0 Å². The number of anilines is 2. The third-order valence-electron chi connectivity index (χ3n) is 5.02. The fourth-order valence-electron chi connectivity index (χ4n) is 3.32. The summed E-state index contributed by atoms with van der Waals surface area (Å²) in [4.78, 5) is 27.6. The molecule has 2 aromatic carbocycles. The second-order valence-corrected chi connectivity index (χ2v) is 6.66. The summed E-state index contributed by atoms with van der Waals surface area (Å²) in [5, 5.41) is 13.8. The minimum Gasteiger partial charge on any atom is -0.497 e. The van der Waals surface area contributed by atoms with E-state index in [-0.39, 0.29) is 23.3 Å². The van der Waals surface area contributed by atoms with Crippen molar-refractivity contribution in [2.75, 3.05) is 43.5 Å². The monoisotopic (exact) mass is 384 g/mol. The first kappa shape index (κ1) is 19.6. The lowest BCUT2D eigenvalue weighted by molar-refractivity contribution is -0.383. The van der Waals surface area contributed by atoms with E-state index in [1.54, 1.807) is 25.3 Å². The van der Waals surface area contributed by atoms with Crippen molar-refractivity contribution in [3.8, 4) is 5.75 Å². The van der Waals surface area contributed by atoms with Crippen LogP contribution < -0.4 is 15.0 Å². The number of nitro groups is 1. The van der Waals surface area contributed by atoms with Crippen molar-refractivity contribution in [1.82, 2.24) is 4.90 Å². The average Bonchev–Trinajstić information content (AvgIpc) is 2.73. The van der Waals surface area contributed by atoms with Gasteiger partial charge in [0.25, 0.3) is 5.69 Å². The number of carbonyl (C=O) groups excluding carboxylic acids is 1. The molecular formula is C20H24N4O4. The molecule has 8 nitrogen and oxygen atoms in total. The van der Waals surface area contributed by atoms with E-state index in [2.05, 4.69) is 15.1 Å². The normalized spacial score (nSPS) is 15.7. The number of hydrogen-bond acceptors (Lipinski definition) is 6. The molecule has 3 rings (SSSR count). The van der Waals surface area contributed by atoms with Crippen molar-refractivity contribution in [2.45, 2.75) is 13.0 Å². The predicted molar refractivity (Wildman–Crippen MR) is 108 cm³/mol. The highest BCUT2D eigenvalue weighted by atomic mass is 16.6. The van der Waals surface area contributed by atoms with Gasteiger partial charge in [-0.25, -0.2) is 0 Å². The molecular weight excluding hydrogens is 360 g/mol. The summed E-state index contributed by atoms with van der Waals surface area (Å²) >= 11 is 0. The van der Waals surface area contributed by atoms with Gasteiger partial charge in [0.05, 0.1) is 18.1 Å². The minimum atomic E-state index is -0.493. The van der Waals surface area contributed by atoms with Crippen LogP contribution in [0.25, 0.3) is 0 Å². The molecule has 1 fully saturated rings. The molecule has 2 aromatic rings. The van der Waals surface area contributed by atoms with Crippen LogP contribution in [0, 0.1) is 10.1 Å². The van der Waals surface area contributed by atoms with E-state index >= 15 is 0 Å². The lowest BCUT2D eigenvalue weighted by Gasteiger charge is -2.38. The summed E-state index contributed by atoms with van der Waals surface area (Å²) in [5.74, 6) is 0.571. The van der Waals surface area contributed by atoms with Crippen molar-refractivity contribution < 1.29 is 14.5 Å². The number of nitrogens with zero attached hydrogens (tertiary/aromatic N) is 3. The van der Waals surface area contributed by atoms with Gasteiger partial charge in [-0.1, -0.05) is 18.2 Å². The number of amides is 1. The van der Waals surface area contributed by atoms with Crippen LogP contribution in [-0.2, 0) is 4.79 Å². The molecule has 0 spiro atoms. The van der Waals surface area contributed by atoms with Crippen LogP contribution in [0.4, 0.5) is 17.1 Å². The van der Waals surface area contributed by atoms with E-state index in [0.717, 1.165) is 37.6 Å². The number of nitro benzene ring substituents is 1. The molecule has 0 unspecified atom stereocenters. The summed E-state index contributed by atoms with van der Waals surface area (Å²) < 4.78 is 5.28. The summed E-state index contributed by atoms with van der Waals surface area (Å²) in [6.45, 7) is 4.85. The minimum absolute atomic E-state index is 0.106. The van der Waals surface area contributed by atoms with Crippen molar-refractivity contribution in [3.63, 3.8) is 0 Å². The highest BCUT2D eigenvalue weighted by molar-refractivity contribution is 5.96. The SMILES string of the molecule is COc1cccc(N2CCN([C@@H](C)C(=O)Nc3ccccc3[N+](=O)[O-])CC2)c1. The van der Waals surface area contributed by atoms with Gasteiger partial charge >= 0.3 is 0 Å². The first-order valence-electron chi connectivity index (χ1n) is 9.17. The van der Waals surface area contributed by atoms with Crippen LogP contribution in [0.15, 0.2) is 48.5 Å². The van der Waals surface area contributed by atoms with Gasteiger partial charge in [0.1, 0.15) is 11.4 Å². The molecule has 1 aliphatic heterocycles. The van der Waals surface area contributed by atoms with Gasteiger partial charge in [-0.3, -0.25) is 19.8 Å². The van der Waals surface area contributed by atoms with E-state index < -0.39 is 4.92 Å². The topological polar surface area (TPSA) is 88.0 Å². The Morgan fingerprint density at radius 1 is 1.14 bits per heavy atom. The van der Waals surface area contributed by atoms with Crippen LogP contribution in [0.2, 0.25) is 0 Å². The Balaban J connectivity index is 1.59. The third-order valence-corrected chi connectivity index (χ3v) is 5.02. The number of carbonyl (C=O) groups is 1. The van der Waals surface area contributed by atoms with Gasteiger partial charge in [-0.2, -0.15) is 0 Å². The Morgan fingerprint density at radius 2 is 1.86 bits per heavy atom. The number of nitrogens with one attached hydrogen (secondary N) is 1. The zero-order valence-electron chi connectivity index (χ0n) is 16.0. The quantitative estimate of drug-likeness (QED) is 0.609. The van der Waals surface area contributed by atoms with E-state index in [4.69, 9.17) is 4.74 Å². The number of piperazine rings is 1. The molecule has 0 aromatic heterocycles. The largest absolute Gasteiger partial charge is 0.497 e. The molecule has 1 atom stereocenters. The molecule has 0 aliphatic carbocycles. The van der Waals surface area contributed by atoms with Crippen LogP contribution in [0.3, 0.4) is 0 Å². The van der Waals surface area contributed by atoms with Crippen LogP contribution in [0.5, 0.6) is 5.75 Å². The fraction of sp³-hybridized carbons (Fsp3) is 0.350. The third kappa shape index (κ3) is 4.40. The highest BCUT2D eigenvalue weighted by Crippen LogP contribution is 2.25. The Labute approximate surface area is 163 Å². The first-order valence-corrected chi connectivity index (χ1v) is 9.17. The van der Waals surface area contributed by atoms with Crippen LogP contribution in [0.1, 0.15) is 6.92 Å². The van der Waals surface area contributed by atoms with Crippen molar-refractivity contribution in [2.24, 2.45) is 0 Å². The van der Waals surface area contributed by atoms with E-state index in [1.165, 1.54) is 6.07 Å². The Bertz CT molecular complexity index is 850. The zero-order valence-corrected chi connectivity index (χ0v) is 16.0. The maximum atomic E-state index is 12.6. The van der Waals surface area contributed by atoms with Crippen LogP contribution >= 0.6 is 0 Å². The predicted octanol–water partition coefficient (Wildman–Crippen LogP) is 2.75. The van der Waals surface area contributed by atoms with Gasteiger partial charge in [-0.05, 0) is 25.1 Å². The summed E-state index contributed by atoms with van der Waals surface area (Å²) in [5.41, 5.74) is 1.21. The van der Waals surface area contributed by atoms with Crippen molar-refractivity contribution in [3.05, 3.63) is 58.6 Å². The number of hydrogen-bond donors (Lipinski definition) is 1. The van der Waals surface area contributed by atoms with Gasteiger partial charge in [-0.15, -0.1) is 0 Å². The molecule has 1 amide bonds. The molecule has 0 saturated carbocycles. The van der Waals surface area contributed by atoms with E-state index in [1.807, 2.05) is 31.2 Å². The summed E-state index contributed by atoms with van der Waals surface area (Å²) in [7, 11) is 1.65. The summed E-state index contributed by atoms with van der Waals surface area (Å²) in [6, 6.07) is 13.7. The molecule has 28 heavy (non-hydrogen) atoms. The molecule has 0 radical (unpaired) electrons. The van der Waals surface area contributed by atoms with Gasteiger partial charge in [0.2, 0.25) is 5.91 Å². The second kappa shape index (κ2) is 8.71. The summed E-state index contributed by atoms with van der Waals surface area (Å²) in [6.07, 6.45) is 0. The zero-order chi connectivity index (χ0) is 20.1. The Kier molecular flexibility index (Phi) is 6.10. The van der Waals surface area contributed by atoms with Gasteiger partial charge < -0.3 is 15.0 Å². The number of methoxy groups -OCH3 is 1. The molecule has 148 valence electrons. The number of benzene rings is 2.